The van der Waals surface area contributed by atoms with Crippen LogP contribution in [0.4, 0.5) is 0 Å². The van der Waals surface area contributed by atoms with Gasteiger partial charge in [0.05, 0.1) is 5.41 Å². The summed E-state index contributed by atoms with van der Waals surface area (Å²) in [6.07, 6.45) is 0.973. The van der Waals surface area contributed by atoms with Gasteiger partial charge in [-0.1, -0.05) is 133 Å². The van der Waals surface area contributed by atoms with Gasteiger partial charge in [-0.2, -0.15) is 0 Å². The maximum absolute atomic E-state index is 2.44. The predicted octanol–water partition coefficient (Wildman–Crippen LogP) is 9.90. The van der Waals surface area contributed by atoms with Crippen molar-refractivity contribution in [3.8, 4) is 33.4 Å². The molecular formula is C40H30. The summed E-state index contributed by atoms with van der Waals surface area (Å²) in [4.78, 5) is 0. The van der Waals surface area contributed by atoms with Gasteiger partial charge in [-0.25, -0.2) is 0 Å². The Labute approximate surface area is 236 Å². The summed E-state index contributed by atoms with van der Waals surface area (Å²) in [7, 11) is 0. The van der Waals surface area contributed by atoms with E-state index in [9.17, 15) is 0 Å². The lowest BCUT2D eigenvalue weighted by molar-refractivity contribution is 0.769. The molecule has 0 saturated heterocycles. The molecule has 0 nitrogen and oxygen atoms in total. The van der Waals surface area contributed by atoms with E-state index in [-0.39, 0.29) is 0 Å². The van der Waals surface area contributed by atoms with Gasteiger partial charge >= 0.3 is 0 Å². The van der Waals surface area contributed by atoms with Crippen LogP contribution in [0.5, 0.6) is 0 Å². The summed E-state index contributed by atoms with van der Waals surface area (Å²) >= 11 is 0. The van der Waals surface area contributed by atoms with Crippen LogP contribution in [-0.2, 0) is 11.8 Å². The van der Waals surface area contributed by atoms with Crippen molar-refractivity contribution >= 4 is 0 Å². The lowest BCUT2D eigenvalue weighted by Gasteiger charge is -2.36. The first kappa shape index (κ1) is 23.2. The van der Waals surface area contributed by atoms with Gasteiger partial charge in [0.1, 0.15) is 0 Å². The zero-order valence-electron chi connectivity index (χ0n) is 22.9. The number of fused-ring (bicyclic) bond motifs is 6. The van der Waals surface area contributed by atoms with Crippen molar-refractivity contribution in [3.63, 3.8) is 0 Å². The van der Waals surface area contributed by atoms with Gasteiger partial charge in [-0.15, -0.1) is 0 Å². The molecule has 0 atom stereocenters. The van der Waals surface area contributed by atoms with Crippen LogP contribution in [0.15, 0.2) is 133 Å². The molecule has 0 heteroatoms. The van der Waals surface area contributed by atoms with Gasteiger partial charge in [0.25, 0.3) is 0 Å². The molecule has 8 rings (SSSR count). The van der Waals surface area contributed by atoms with E-state index in [1.807, 2.05) is 0 Å². The zero-order valence-corrected chi connectivity index (χ0v) is 22.9. The number of hydrogen-bond acceptors (Lipinski definition) is 0. The predicted molar refractivity (Wildman–Crippen MR) is 167 cm³/mol. The standard InChI is InChI=1S/C40H30/c1-26-24-36-33-20-11-12-23-37(33)40(29-15-5-3-6-16-29,30-17-7-4-8-18-30)39(36)38(27(26)2)34-22-13-21-32-31-19-10-9-14-28(31)25-35(32)34/h3-24H,25H2,1-2H3. The number of rotatable bonds is 3. The molecule has 0 bridgehead atoms. The Bertz CT molecular complexity index is 1890. The van der Waals surface area contributed by atoms with E-state index >= 15 is 0 Å². The van der Waals surface area contributed by atoms with E-state index in [1.165, 1.54) is 77.9 Å². The third-order valence-electron chi connectivity index (χ3n) is 9.38. The van der Waals surface area contributed by atoms with Crippen LogP contribution in [0.1, 0.15) is 44.5 Å². The molecule has 0 saturated carbocycles. The van der Waals surface area contributed by atoms with Crippen molar-refractivity contribution in [2.24, 2.45) is 0 Å². The molecule has 0 N–H and O–H groups in total. The first-order valence-corrected chi connectivity index (χ1v) is 14.3. The van der Waals surface area contributed by atoms with E-state index in [0.29, 0.717) is 0 Å². The maximum Gasteiger partial charge on any atom is 0.0719 e. The summed E-state index contributed by atoms with van der Waals surface area (Å²) in [5, 5.41) is 0. The molecular weight excluding hydrogens is 480 g/mol. The number of benzene rings is 6. The summed E-state index contributed by atoms with van der Waals surface area (Å²) in [6.45, 7) is 4.61. The summed E-state index contributed by atoms with van der Waals surface area (Å²) in [6, 6.07) is 49.7. The average molecular weight is 511 g/mol. The lowest BCUT2D eigenvalue weighted by Crippen LogP contribution is -2.29. The van der Waals surface area contributed by atoms with E-state index in [2.05, 4.69) is 147 Å². The molecule has 2 aliphatic rings. The Morgan fingerprint density at radius 3 is 1.80 bits per heavy atom. The molecule has 0 heterocycles. The Kier molecular flexibility index (Phi) is 5.03. The molecule has 190 valence electrons. The average Bonchev–Trinajstić information content (AvgIpc) is 3.53. The third kappa shape index (κ3) is 3.02. The Balaban J connectivity index is 1.55. The lowest BCUT2D eigenvalue weighted by atomic mass is 9.65. The fourth-order valence-electron chi connectivity index (χ4n) is 7.57. The van der Waals surface area contributed by atoms with E-state index < -0.39 is 5.41 Å². The Morgan fingerprint density at radius 2 is 1.07 bits per heavy atom. The van der Waals surface area contributed by atoms with Crippen molar-refractivity contribution in [1.29, 1.82) is 0 Å². The highest BCUT2D eigenvalue weighted by atomic mass is 14.5. The zero-order chi connectivity index (χ0) is 26.8. The highest BCUT2D eigenvalue weighted by Crippen LogP contribution is 2.60. The van der Waals surface area contributed by atoms with Crippen LogP contribution < -0.4 is 0 Å². The highest BCUT2D eigenvalue weighted by molar-refractivity contribution is 5.96. The molecule has 0 aliphatic heterocycles. The molecule has 0 spiro atoms. The van der Waals surface area contributed by atoms with Crippen molar-refractivity contribution < 1.29 is 0 Å². The second-order valence-electron chi connectivity index (χ2n) is 11.3. The number of hydrogen-bond donors (Lipinski definition) is 0. The fourth-order valence-corrected chi connectivity index (χ4v) is 7.57. The smallest absolute Gasteiger partial charge is 0.0622 e. The van der Waals surface area contributed by atoms with E-state index in [1.54, 1.807) is 0 Å². The van der Waals surface area contributed by atoms with Gasteiger partial charge in [-0.05, 0) is 98.2 Å². The van der Waals surface area contributed by atoms with E-state index in [4.69, 9.17) is 0 Å². The second kappa shape index (κ2) is 8.66. The Morgan fingerprint density at radius 1 is 0.500 bits per heavy atom. The molecule has 6 aromatic rings. The fraction of sp³-hybridized carbons (Fsp3) is 0.100. The third-order valence-corrected chi connectivity index (χ3v) is 9.38. The molecule has 2 aliphatic carbocycles. The normalized spacial score (nSPS) is 13.8. The summed E-state index contributed by atoms with van der Waals surface area (Å²) in [5.41, 5.74) is 18.8. The van der Waals surface area contributed by atoms with Crippen LogP contribution in [0.25, 0.3) is 33.4 Å². The molecule has 0 unspecified atom stereocenters. The second-order valence-corrected chi connectivity index (χ2v) is 11.3. The van der Waals surface area contributed by atoms with Gasteiger partial charge in [0.2, 0.25) is 0 Å². The van der Waals surface area contributed by atoms with Gasteiger partial charge < -0.3 is 0 Å². The largest absolute Gasteiger partial charge is 0.0719 e. The van der Waals surface area contributed by atoms with E-state index in [0.717, 1.165) is 6.42 Å². The van der Waals surface area contributed by atoms with Crippen LogP contribution in [0, 0.1) is 13.8 Å². The topological polar surface area (TPSA) is 0 Å². The van der Waals surface area contributed by atoms with Gasteiger partial charge in [0.15, 0.2) is 0 Å². The van der Waals surface area contributed by atoms with Crippen molar-refractivity contribution in [1.82, 2.24) is 0 Å². The highest BCUT2D eigenvalue weighted by Gasteiger charge is 2.48. The van der Waals surface area contributed by atoms with Crippen LogP contribution in [0.2, 0.25) is 0 Å². The van der Waals surface area contributed by atoms with Gasteiger partial charge in [0, 0.05) is 0 Å². The van der Waals surface area contributed by atoms with Crippen molar-refractivity contribution in [2.75, 3.05) is 0 Å². The first-order chi connectivity index (χ1) is 19.7. The minimum Gasteiger partial charge on any atom is -0.0622 e. The van der Waals surface area contributed by atoms with Crippen molar-refractivity contribution in [2.45, 2.75) is 25.7 Å². The maximum atomic E-state index is 2.44. The molecule has 0 fully saturated rings. The molecule has 0 radical (unpaired) electrons. The van der Waals surface area contributed by atoms with Crippen LogP contribution in [0.3, 0.4) is 0 Å². The monoisotopic (exact) mass is 510 g/mol. The van der Waals surface area contributed by atoms with Crippen LogP contribution >= 0.6 is 0 Å². The van der Waals surface area contributed by atoms with Crippen molar-refractivity contribution in [3.05, 3.63) is 178 Å². The minimum absolute atomic E-state index is 0.420. The van der Waals surface area contributed by atoms with Gasteiger partial charge in [-0.3, -0.25) is 0 Å². The molecule has 40 heavy (non-hydrogen) atoms. The summed E-state index contributed by atoms with van der Waals surface area (Å²) < 4.78 is 0. The van der Waals surface area contributed by atoms with Crippen LogP contribution in [-0.4, -0.2) is 0 Å². The molecule has 0 aromatic heterocycles. The first-order valence-electron chi connectivity index (χ1n) is 14.3. The number of aryl methyl sites for hydroxylation is 1. The minimum atomic E-state index is -0.420. The SMILES string of the molecule is Cc1cc2c(c(-c3cccc4c3Cc3ccccc3-4)c1C)C(c1ccccc1)(c1ccccc1)c1ccccc1-2. The molecule has 6 aromatic carbocycles. The Hall–Kier alpha value is -4.68. The summed E-state index contributed by atoms with van der Waals surface area (Å²) in [5.74, 6) is 0. The molecule has 0 amide bonds. The quantitative estimate of drug-likeness (QED) is 0.222.